The summed E-state index contributed by atoms with van der Waals surface area (Å²) in [4.78, 5) is 11.9. The van der Waals surface area contributed by atoms with Crippen molar-refractivity contribution in [3.05, 3.63) is 77.4 Å². The number of rotatable bonds is 9. The predicted octanol–water partition coefficient (Wildman–Crippen LogP) is 3.45. The van der Waals surface area contributed by atoms with Crippen LogP contribution in [0.5, 0.6) is 5.75 Å². The number of carbonyl (C=O) groups is 1. The number of carbonyl (C=O) groups excluding carboxylic acids is 1. The number of ether oxygens (including phenoxy) is 1. The lowest BCUT2D eigenvalue weighted by molar-refractivity contribution is -0.123. The number of hydrogen-bond donors (Lipinski definition) is 1. The van der Waals surface area contributed by atoms with Crippen LogP contribution < -0.4 is 14.4 Å². The van der Waals surface area contributed by atoms with Crippen molar-refractivity contribution in [2.75, 3.05) is 24.5 Å². The zero-order valence-electron chi connectivity index (χ0n) is 16.2. The van der Waals surface area contributed by atoms with Crippen LogP contribution in [0.3, 0.4) is 0 Å². The Kier molecular flexibility index (Phi) is 7.07. The molecule has 0 saturated heterocycles. The van der Waals surface area contributed by atoms with E-state index in [0.29, 0.717) is 24.4 Å². The molecule has 3 aromatic rings. The second-order valence-electron chi connectivity index (χ2n) is 6.42. The third kappa shape index (κ3) is 5.58. The van der Waals surface area contributed by atoms with Gasteiger partial charge in [-0.05, 0) is 59.8 Å². The van der Waals surface area contributed by atoms with Crippen molar-refractivity contribution in [1.29, 1.82) is 0 Å². The Morgan fingerprint density at radius 1 is 1.13 bits per heavy atom. The maximum Gasteiger partial charge on any atom is 0.273 e. The molecule has 1 N–H and O–H groups in total. The predicted molar refractivity (Wildman–Crippen MR) is 115 cm³/mol. The van der Waals surface area contributed by atoms with Crippen molar-refractivity contribution in [1.82, 2.24) is 5.32 Å². The molecule has 1 heterocycles. The minimum Gasteiger partial charge on any atom is -0.484 e. The van der Waals surface area contributed by atoms with Crippen LogP contribution in [0.15, 0.2) is 70.3 Å². The number of anilines is 1. The summed E-state index contributed by atoms with van der Waals surface area (Å²) in [6, 6.07) is 15.9. The SMILES string of the molecule is CN(c1ccc(OCC(=O)NCCc2cccc(F)c2)cc1)S(=O)(=O)c1cccs1. The van der Waals surface area contributed by atoms with Gasteiger partial charge in [-0.1, -0.05) is 18.2 Å². The van der Waals surface area contributed by atoms with E-state index in [1.165, 1.54) is 23.5 Å². The molecule has 0 aliphatic carbocycles. The molecule has 30 heavy (non-hydrogen) atoms. The number of halogens is 1. The van der Waals surface area contributed by atoms with Crippen molar-refractivity contribution in [3.63, 3.8) is 0 Å². The first kappa shape index (κ1) is 21.8. The third-order valence-corrected chi connectivity index (χ3v) is 7.46. The average Bonchev–Trinajstić information content (AvgIpc) is 3.28. The summed E-state index contributed by atoms with van der Waals surface area (Å²) in [5, 5.41) is 4.42. The zero-order chi connectivity index (χ0) is 21.6. The highest BCUT2D eigenvalue weighted by Crippen LogP contribution is 2.26. The quantitative estimate of drug-likeness (QED) is 0.544. The van der Waals surface area contributed by atoms with E-state index >= 15 is 0 Å². The molecule has 0 aliphatic heterocycles. The van der Waals surface area contributed by atoms with Crippen LogP contribution >= 0.6 is 11.3 Å². The van der Waals surface area contributed by atoms with Crippen molar-refractivity contribution >= 4 is 33.0 Å². The van der Waals surface area contributed by atoms with E-state index in [1.54, 1.807) is 53.9 Å². The molecular weight excluding hydrogens is 427 g/mol. The van der Waals surface area contributed by atoms with Crippen LogP contribution in [0.25, 0.3) is 0 Å². The Morgan fingerprint density at radius 3 is 2.57 bits per heavy atom. The van der Waals surface area contributed by atoms with Crippen molar-refractivity contribution in [2.45, 2.75) is 10.6 Å². The van der Waals surface area contributed by atoms with Gasteiger partial charge in [0.2, 0.25) is 0 Å². The minimum atomic E-state index is -3.60. The number of amides is 1. The first-order chi connectivity index (χ1) is 14.4. The summed E-state index contributed by atoms with van der Waals surface area (Å²) in [6.45, 7) is 0.196. The van der Waals surface area contributed by atoms with Crippen molar-refractivity contribution in [2.24, 2.45) is 0 Å². The molecule has 1 aromatic heterocycles. The summed E-state index contributed by atoms with van der Waals surface area (Å²) in [6.07, 6.45) is 0.517. The topological polar surface area (TPSA) is 75.7 Å². The molecule has 0 saturated carbocycles. The van der Waals surface area contributed by atoms with Gasteiger partial charge in [0.05, 0.1) is 5.69 Å². The molecule has 9 heteroatoms. The highest BCUT2D eigenvalue weighted by atomic mass is 32.2. The molecule has 1 amide bonds. The van der Waals surface area contributed by atoms with Gasteiger partial charge in [-0.2, -0.15) is 0 Å². The highest BCUT2D eigenvalue weighted by molar-refractivity contribution is 7.94. The van der Waals surface area contributed by atoms with Crippen molar-refractivity contribution in [3.8, 4) is 5.75 Å². The second kappa shape index (κ2) is 9.73. The van der Waals surface area contributed by atoms with Gasteiger partial charge in [-0.25, -0.2) is 12.8 Å². The molecule has 0 atom stereocenters. The van der Waals surface area contributed by atoms with Gasteiger partial charge in [0, 0.05) is 13.6 Å². The molecule has 2 aromatic carbocycles. The molecular formula is C21H21FN2O4S2. The average molecular weight is 449 g/mol. The first-order valence-electron chi connectivity index (χ1n) is 9.13. The number of benzene rings is 2. The summed E-state index contributed by atoms with van der Waals surface area (Å²) in [5.41, 5.74) is 1.28. The maximum absolute atomic E-state index is 13.1. The van der Waals surface area contributed by atoms with Gasteiger partial charge >= 0.3 is 0 Å². The zero-order valence-corrected chi connectivity index (χ0v) is 17.9. The minimum absolute atomic E-state index is 0.175. The van der Waals surface area contributed by atoms with E-state index in [1.807, 2.05) is 0 Å². The Balaban J connectivity index is 1.48. The Labute approximate surface area is 179 Å². The fourth-order valence-corrected chi connectivity index (χ4v) is 5.03. The Bertz CT molecular complexity index is 1080. The summed E-state index contributed by atoms with van der Waals surface area (Å²) >= 11 is 1.16. The molecule has 0 aliphatic rings. The van der Waals surface area contributed by atoms with E-state index in [-0.39, 0.29) is 22.5 Å². The molecule has 158 valence electrons. The lowest BCUT2D eigenvalue weighted by atomic mass is 10.1. The van der Waals surface area contributed by atoms with Gasteiger partial charge < -0.3 is 10.1 Å². The highest BCUT2D eigenvalue weighted by Gasteiger charge is 2.22. The van der Waals surface area contributed by atoms with E-state index in [9.17, 15) is 17.6 Å². The van der Waals surface area contributed by atoms with Crippen LogP contribution in [0.4, 0.5) is 10.1 Å². The lowest BCUT2D eigenvalue weighted by Crippen LogP contribution is -2.30. The summed E-state index contributed by atoms with van der Waals surface area (Å²) in [5.74, 6) is -0.159. The fourth-order valence-electron chi connectivity index (χ4n) is 2.67. The molecule has 0 spiro atoms. The van der Waals surface area contributed by atoms with Gasteiger partial charge in [-0.3, -0.25) is 9.10 Å². The second-order valence-corrected chi connectivity index (χ2v) is 9.56. The van der Waals surface area contributed by atoms with Crippen LogP contribution in [0, 0.1) is 5.82 Å². The molecule has 0 unspecified atom stereocenters. The summed E-state index contributed by atoms with van der Waals surface area (Å²) in [7, 11) is -2.12. The van der Waals surface area contributed by atoms with E-state index in [4.69, 9.17) is 4.74 Å². The number of nitrogens with zero attached hydrogens (tertiary/aromatic N) is 1. The van der Waals surface area contributed by atoms with Gasteiger partial charge in [0.15, 0.2) is 6.61 Å². The van der Waals surface area contributed by atoms with Gasteiger partial charge in [0.1, 0.15) is 15.8 Å². The maximum atomic E-state index is 13.1. The van der Waals surface area contributed by atoms with E-state index in [2.05, 4.69) is 5.32 Å². The number of sulfonamides is 1. The monoisotopic (exact) mass is 448 g/mol. The molecule has 3 rings (SSSR count). The van der Waals surface area contributed by atoms with E-state index in [0.717, 1.165) is 16.9 Å². The first-order valence-corrected chi connectivity index (χ1v) is 11.4. The molecule has 6 nitrogen and oxygen atoms in total. The smallest absolute Gasteiger partial charge is 0.273 e. The van der Waals surface area contributed by atoms with Gasteiger partial charge in [0.25, 0.3) is 15.9 Å². The molecule has 0 fully saturated rings. The third-order valence-electron chi connectivity index (χ3n) is 4.30. The van der Waals surface area contributed by atoms with Crippen molar-refractivity contribution < 1.29 is 22.3 Å². The standard InChI is InChI=1S/C21H21FN2O4S2/c1-24(30(26,27)21-6-3-13-29-21)18-7-9-19(10-8-18)28-15-20(25)23-12-11-16-4-2-5-17(22)14-16/h2-10,13-14H,11-12,15H2,1H3,(H,23,25). The van der Waals surface area contributed by atoms with Crippen LogP contribution in [-0.4, -0.2) is 34.5 Å². The number of hydrogen-bond acceptors (Lipinski definition) is 5. The fraction of sp³-hybridized carbons (Fsp3) is 0.190. The van der Waals surface area contributed by atoms with E-state index < -0.39 is 10.0 Å². The lowest BCUT2D eigenvalue weighted by Gasteiger charge is -2.18. The molecule has 0 radical (unpaired) electrons. The van der Waals surface area contributed by atoms with Crippen LogP contribution in [0.2, 0.25) is 0 Å². The largest absolute Gasteiger partial charge is 0.484 e. The van der Waals surface area contributed by atoms with Crippen LogP contribution in [0.1, 0.15) is 5.56 Å². The number of thiophene rings is 1. The Hall–Kier alpha value is -2.91. The summed E-state index contributed by atoms with van der Waals surface area (Å²) < 4.78 is 45.1. The normalized spacial score (nSPS) is 11.1. The Morgan fingerprint density at radius 2 is 1.90 bits per heavy atom. The van der Waals surface area contributed by atoms with Crippen LogP contribution in [-0.2, 0) is 21.2 Å². The molecule has 0 bridgehead atoms. The van der Waals surface area contributed by atoms with Gasteiger partial charge in [-0.15, -0.1) is 11.3 Å². The number of nitrogens with one attached hydrogen (secondary N) is 1.